The molecular formula is C14H13NO2. The van der Waals surface area contributed by atoms with Gasteiger partial charge in [0.15, 0.2) is 0 Å². The highest BCUT2D eigenvalue weighted by molar-refractivity contribution is 5.90. The summed E-state index contributed by atoms with van der Waals surface area (Å²) < 4.78 is 0. The molecule has 17 heavy (non-hydrogen) atoms. The first-order chi connectivity index (χ1) is 8.31. The molecule has 2 aromatic carbocycles. The summed E-state index contributed by atoms with van der Waals surface area (Å²) in [4.78, 5) is 15.8. The molecule has 0 aliphatic heterocycles. The molecule has 3 nitrogen and oxygen atoms in total. The van der Waals surface area contributed by atoms with Gasteiger partial charge in [0, 0.05) is 0 Å². The highest BCUT2D eigenvalue weighted by Gasteiger charge is 2.11. The Labute approximate surface area is 99.8 Å². The smallest absolute Gasteiger partial charge is 0.356 e. The van der Waals surface area contributed by atoms with Crippen molar-refractivity contribution >= 4 is 5.97 Å². The van der Waals surface area contributed by atoms with Crippen LogP contribution in [-0.2, 0) is 11.3 Å². The third-order valence-electron chi connectivity index (χ3n) is 2.58. The van der Waals surface area contributed by atoms with Crippen LogP contribution in [0.4, 0.5) is 0 Å². The third-order valence-corrected chi connectivity index (χ3v) is 2.58. The number of carbonyl (C=O) groups is 1. The number of hydrogen-bond donors (Lipinski definition) is 1. The molecular weight excluding hydrogens is 214 g/mol. The van der Waals surface area contributed by atoms with Crippen molar-refractivity contribution in [2.75, 3.05) is 0 Å². The second kappa shape index (κ2) is 5.27. The van der Waals surface area contributed by atoms with Crippen molar-refractivity contribution in [3.05, 3.63) is 71.3 Å². The Morgan fingerprint density at radius 1 is 1.00 bits per heavy atom. The van der Waals surface area contributed by atoms with Gasteiger partial charge < -0.3 is 4.84 Å². The van der Waals surface area contributed by atoms with Crippen molar-refractivity contribution in [1.82, 2.24) is 0 Å². The molecule has 3 heteroatoms. The molecule has 0 radical (unpaired) electrons. The SMILES string of the molecule is NOC(=O)c1ccccc1Cc1ccccc1. The highest BCUT2D eigenvalue weighted by atomic mass is 16.7. The lowest BCUT2D eigenvalue weighted by atomic mass is 10.00. The summed E-state index contributed by atoms with van der Waals surface area (Å²) >= 11 is 0. The van der Waals surface area contributed by atoms with E-state index in [0.717, 1.165) is 11.1 Å². The van der Waals surface area contributed by atoms with Gasteiger partial charge in [0.05, 0.1) is 5.56 Å². The first-order valence-electron chi connectivity index (χ1n) is 5.34. The predicted molar refractivity (Wildman–Crippen MR) is 65.3 cm³/mol. The Morgan fingerprint density at radius 2 is 1.65 bits per heavy atom. The first-order valence-corrected chi connectivity index (χ1v) is 5.34. The fourth-order valence-electron chi connectivity index (χ4n) is 1.75. The quantitative estimate of drug-likeness (QED) is 0.818. The van der Waals surface area contributed by atoms with Crippen molar-refractivity contribution in [3.8, 4) is 0 Å². The summed E-state index contributed by atoms with van der Waals surface area (Å²) in [6.07, 6.45) is 0.687. The maximum absolute atomic E-state index is 11.5. The predicted octanol–water partition coefficient (Wildman–Crippen LogP) is 2.31. The molecule has 0 heterocycles. The minimum atomic E-state index is -0.503. The van der Waals surface area contributed by atoms with Crippen LogP contribution in [0, 0.1) is 0 Å². The van der Waals surface area contributed by atoms with E-state index < -0.39 is 5.97 Å². The molecule has 0 bridgehead atoms. The van der Waals surface area contributed by atoms with Crippen LogP contribution in [0.3, 0.4) is 0 Å². The summed E-state index contributed by atoms with van der Waals surface area (Å²) in [6, 6.07) is 17.2. The van der Waals surface area contributed by atoms with Crippen LogP contribution in [0.25, 0.3) is 0 Å². The summed E-state index contributed by atoms with van der Waals surface area (Å²) in [5, 5.41) is 0. The Hall–Kier alpha value is -2.13. The molecule has 0 aliphatic rings. The molecule has 0 aromatic heterocycles. The van der Waals surface area contributed by atoms with Crippen LogP contribution >= 0.6 is 0 Å². The average Bonchev–Trinajstić information content (AvgIpc) is 2.40. The van der Waals surface area contributed by atoms with E-state index in [1.165, 1.54) is 0 Å². The van der Waals surface area contributed by atoms with Gasteiger partial charge in [-0.1, -0.05) is 48.5 Å². The van der Waals surface area contributed by atoms with Crippen molar-refractivity contribution in [3.63, 3.8) is 0 Å². The van der Waals surface area contributed by atoms with Crippen molar-refractivity contribution in [2.24, 2.45) is 5.90 Å². The number of benzene rings is 2. The largest absolute Gasteiger partial charge is 0.370 e. The third kappa shape index (κ3) is 2.71. The molecule has 0 unspecified atom stereocenters. The van der Waals surface area contributed by atoms with E-state index in [4.69, 9.17) is 5.90 Å². The molecule has 0 saturated carbocycles. The Bertz CT molecular complexity index is 509. The topological polar surface area (TPSA) is 52.3 Å². The normalized spacial score (nSPS) is 9.94. The van der Waals surface area contributed by atoms with Gasteiger partial charge >= 0.3 is 5.97 Å². The van der Waals surface area contributed by atoms with E-state index >= 15 is 0 Å². The molecule has 0 amide bonds. The van der Waals surface area contributed by atoms with Gasteiger partial charge in [-0.25, -0.2) is 4.79 Å². The van der Waals surface area contributed by atoms with Crippen molar-refractivity contribution < 1.29 is 9.63 Å². The summed E-state index contributed by atoms with van der Waals surface area (Å²) in [5.74, 6) is 4.41. The lowest BCUT2D eigenvalue weighted by Gasteiger charge is -2.07. The van der Waals surface area contributed by atoms with E-state index in [2.05, 4.69) is 4.84 Å². The van der Waals surface area contributed by atoms with E-state index in [0.29, 0.717) is 12.0 Å². The fraction of sp³-hybridized carbons (Fsp3) is 0.0714. The Kier molecular flexibility index (Phi) is 3.52. The van der Waals surface area contributed by atoms with E-state index in [1.54, 1.807) is 12.1 Å². The Morgan fingerprint density at radius 3 is 2.35 bits per heavy atom. The number of hydrogen-bond acceptors (Lipinski definition) is 3. The molecule has 86 valence electrons. The zero-order valence-corrected chi connectivity index (χ0v) is 9.30. The maximum atomic E-state index is 11.5. The van der Waals surface area contributed by atoms with Gasteiger partial charge in [0.2, 0.25) is 0 Å². The molecule has 0 fully saturated rings. The molecule has 2 aromatic rings. The monoisotopic (exact) mass is 227 g/mol. The fourth-order valence-corrected chi connectivity index (χ4v) is 1.75. The summed E-state index contributed by atoms with van der Waals surface area (Å²) in [7, 11) is 0. The van der Waals surface area contributed by atoms with E-state index in [9.17, 15) is 4.79 Å². The zero-order chi connectivity index (χ0) is 12.1. The molecule has 0 atom stereocenters. The second-order valence-electron chi connectivity index (χ2n) is 3.72. The number of rotatable bonds is 3. The molecule has 2 rings (SSSR count). The minimum absolute atomic E-state index is 0.503. The average molecular weight is 227 g/mol. The van der Waals surface area contributed by atoms with Gasteiger partial charge in [-0.3, -0.25) is 0 Å². The standard InChI is InChI=1S/C14H13NO2/c15-17-14(16)13-9-5-4-8-12(13)10-11-6-2-1-3-7-11/h1-9H,10,15H2. The van der Waals surface area contributed by atoms with Crippen LogP contribution in [-0.4, -0.2) is 5.97 Å². The molecule has 0 saturated heterocycles. The minimum Gasteiger partial charge on any atom is -0.370 e. The second-order valence-corrected chi connectivity index (χ2v) is 3.72. The van der Waals surface area contributed by atoms with Gasteiger partial charge in [-0.15, -0.1) is 0 Å². The van der Waals surface area contributed by atoms with Crippen molar-refractivity contribution in [1.29, 1.82) is 0 Å². The summed E-state index contributed by atoms with van der Waals surface area (Å²) in [6.45, 7) is 0. The van der Waals surface area contributed by atoms with E-state index in [1.807, 2.05) is 42.5 Å². The first kappa shape index (κ1) is 11.4. The van der Waals surface area contributed by atoms with Crippen LogP contribution in [0.5, 0.6) is 0 Å². The molecule has 2 N–H and O–H groups in total. The van der Waals surface area contributed by atoms with Crippen LogP contribution in [0.2, 0.25) is 0 Å². The Balaban J connectivity index is 2.30. The van der Waals surface area contributed by atoms with Crippen LogP contribution in [0.15, 0.2) is 54.6 Å². The lowest BCUT2D eigenvalue weighted by molar-refractivity contribution is 0.0502. The zero-order valence-electron chi connectivity index (χ0n) is 9.30. The van der Waals surface area contributed by atoms with Gasteiger partial charge in [0.1, 0.15) is 0 Å². The summed E-state index contributed by atoms with van der Waals surface area (Å²) in [5.41, 5.74) is 2.57. The number of carbonyl (C=O) groups excluding carboxylic acids is 1. The highest BCUT2D eigenvalue weighted by Crippen LogP contribution is 2.14. The number of nitrogens with two attached hydrogens (primary N) is 1. The van der Waals surface area contributed by atoms with E-state index in [-0.39, 0.29) is 0 Å². The van der Waals surface area contributed by atoms with Gasteiger partial charge in [0.25, 0.3) is 0 Å². The lowest BCUT2D eigenvalue weighted by Crippen LogP contribution is -2.12. The molecule has 0 spiro atoms. The van der Waals surface area contributed by atoms with Crippen molar-refractivity contribution in [2.45, 2.75) is 6.42 Å². The van der Waals surface area contributed by atoms with Crippen LogP contribution < -0.4 is 5.90 Å². The maximum Gasteiger partial charge on any atom is 0.356 e. The van der Waals surface area contributed by atoms with Crippen LogP contribution in [0.1, 0.15) is 21.5 Å². The van der Waals surface area contributed by atoms with Gasteiger partial charge in [-0.2, -0.15) is 5.90 Å². The molecule has 0 aliphatic carbocycles. The van der Waals surface area contributed by atoms with Gasteiger partial charge in [-0.05, 0) is 23.6 Å².